The van der Waals surface area contributed by atoms with Gasteiger partial charge in [0.05, 0.1) is 39.7 Å². The average Bonchev–Trinajstić information content (AvgIpc) is 3.22. The van der Waals surface area contributed by atoms with Gasteiger partial charge >= 0.3 is 0 Å². The fourth-order valence-electron chi connectivity index (χ4n) is 3.40. The molecule has 1 aromatic heterocycles. The number of nitrogens with one attached hydrogen (secondary N) is 1. The third-order valence-electron chi connectivity index (χ3n) is 5.06. The second-order valence-electron chi connectivity index (χ2n) is 7.11. The minimum atomic E-state index is -0.231. The smallest absolute Gasteiger partial charge is 0.270 e. The Hall–Kier alpha value is -2.09. The average molecular weight is 480 g/mol. The number of carbonyl (C=O) groups is 1. The van der Waals surface area contributed by atoms with E-state index in [9.17, 15) is 4.79 Å². The lowest BCUT2D eigenvalue weighted by Crippen LogP contribution is -2.41. The summed E-state index contributed by atoms with van der Waals surface area (Å²) in [5.74, 6) is -0.231. The molecule has 9 heteroatoms. The number of amides is 1. The van der Waals surface area contributed by atoms with E-state index in [1.165, 1.54) is 0 Å². The van der Waals surface area contributed by atoms with Crippen LogP contribution < -0.4 is 5.32 Å². The summed E-state index contributed by atoms with van der Waals surface area (Å²) in [6, 6.07) is 14.2. The summed E-state index contributed by atoms with van der Waals surface area (Å²) in [5, 5.41) is 9.00. The monoisotopic (exact) mass is 478 g/mol. The first-order valence-electron chi connectivity index (χ1n) is 9.91. The number of benzene rings is 2. The first-order chi connectivity index (χ1) is 15.0. The molecule has 3 aromatic rings. The number of ether oxygens (including phenoxy) is 1. The van der Waals surface area contributed by atoms with Crippen molar-refractivity contribution in [3.05, 3.63) is 69.3 Å². The number of hydrogen-bond acceptors (Lipinski definition) is 4. The number of rotatable bonds is 6. The second kappa shape index (κ2) is 10.0. The quantitative estimate of drug-likeness (QED) is 0.563. The van der Waals surface area contributed by atoms with Crippen molar-refractivity contribution in [3.8, 4) is 16.9 Å². The highest BCUT2D eigenvalue weighted by atomic mass is 35.5. The zero-order valence-electron chi connectivity index (χ0n) is 16.7. The van der Waals surface area contributed by atoms with E-state index in [4.69, 9.17) is 39.5 Å². The highest BCUT2D eigenvalue weighted by Crippen LogP contribution is 2.30. The van der Waals surface area contributed by atoms with E-state index in [2.05, 4.69) is 15.3 Å². The van der Waals surface area contributed by atoms with E-state index >= 15 is 0 Å². The van der Waals surface area contributed by atoms with Gasteiger partial charge in [0.15, 0.2) is 0 Å². The molecule has 2 heterocycles. The highest BCUT2D eigenvalue weighted by Gasteiger charge is 2.20. The first kappa shape index (κ1) is 22.1. The van der Waals surface area contributed by atoms with Gasteiger partial charge in [-0.15, -0.1) is 0 Å². The van der Waals surface area contributed by atoms with E-state index in [-0.39, 0.29) is 5.91 Å². The molecule has 1 amide bonds. The maximum Gasteiger partial charge on any atom is 0.270 e. The van der Waals surface area contributed by atoms with Crippen LogP contribution in [0.2, 0.25) is 15.1 Å². The molecule has 4 rings (SSSR count). The highest BCUT2D eigenvalue weighted by molar-refractivity contribution is 6.42. The van der Waals surface area contributed by atoms with Crippen LogP contribution in [-0.4, -0.2) is 60.0 Å². The van der Waals surface area contributed by atoms with E-state index < -0.39 is 0 Å². The SMILES string of the molecule is O=C(NCCN1CCOCC1)c1cc(-c2ccccc2Cl)nn1-c1ccc(Cl)c(Cl)c1. The number of morpholine rings is 1. The number of hydrogen-bond donors (Lipinski definition) is 1. The predicted octanol–water partition coefficient (Wildman–Crippen LogP) is 4.56. The van der Waals surface area contributed by atoms with Crippen molar-refractivity contribution >= 4 is 40.7 Å². The number of aromatic nitrogens is 2. The summed E-state index contributed by atoms with van der Waals surface area (Å²) in [4.78, 5) is 15.3. The van der Waals surface area contributed by atoms with Crippen molar-refractivity contribution in [2.24, 2.45) is 0 Å². The van der Waals surface area contributed by atoms with Gasteiger partial charge in [-0.3, -0.25) is 9.69 Å². The van der Waals surface area contributed by atoms with Crippen molar-refractivity contribution in [2.75, 3.05) is 39.4 Å². The summed E-state index contributed by atoms with van der Waals surface area (Å²) in [7, 11) is 0. The van der Waals surface area contributed by atoms with Gasteiger partial charge in [0.1, 0.15) is 5.69 Å². The number of carbonyl (C=O) groups excluding carboxylic acids is 1. The van der Waals surface area contributed by atoms with Crippen LogP contribution in [0, 0.1) is 0 Å². The second-order valence-corrected chi connectivity index (χ2v) is 8.34. The molecular formula is C22H21Cl3N4O2. The van der Waals surface area contributed by atoms with Crippen molar-refractivity contribution in [2.45, 2.75) is 0 Å². The van der Waals surface area contributed by atoms with Gasteiger partial charge in [0.25, 0.3) is 5.91 Å². The van der Waals surface area contributed by atoms with Crippen LogP contribution in [0.1, 0.15) is 10.5 Å². The van der Waals surface area contributed by atoms with E-state index in [1.807, 2.05) is 18.2 Å². The lowest BCUT2D eigenvalue weighted by molar-refractivity contribution is 0.0383. The molecule has 2 aromatic carbocycles. The molecule has 0 spiro atoms. The molecule has 6 nitrogen and oxygen atoms in total. The Balaban J connectivity index is 1.61. The van der Waals surface area contributed by atoms with E-state index in [0.29, 0.717) is 38.7 Å². The summed E-state index contributed by atoms with van der Waals surface area (Å²) in [6.07, 6.45) is 0. The molecular weight excluding hydrogens is 459 g/mol. The van der Waals surface area contributed by atoms with Crippen molar-refractivity contribution in [1.29, 1.82) is 0 Å². The van der Waals surface area contributed by atoms with Gasteiger partial charge in [-0.05, 0) is 30.3 Å². The summed E-state index contributed by atoms with van der Waals surface area (Å²) < 4.78 is 6.92. The van der Waals surface area contributed by atoms with Crippen LogP contribution in [0.4, 0.5) is 0 Å². The first-order valence-corrected chi connectivity index (χ1v) is 11.0. The molecule has 1 N–H and O–H groups in total. The molecule has 1 aliphatic rings. The molecule has 0 atom stereocenters. The minimum Gasteiger partial charge on any atom is -0.379 e. The van der Waals surface area contributed by atoms with Crippen molar-refractivity contribution < 1.29 is 9.53 Å². The van der Waals surface area contributed by atoms with E-state index in [1.54, 1.807) is 35.0 Å². The van der Waals surface area contributed by atoms with E-state index in [0.717, 1.165) is 38.4 Å². The van der Waals surface area contributed by atoms with Crippen molar-refractivity contribution in [3.63, 3.8) is 0 Å². The maximum atomic E-state index is 13.1. The fourth-order valence-corrected chi connectivity index (χ4v) is 3.92. The zero-order valence-corrected chi connectivity index (χ0v) is 18.9. The van der Waals surface area contributed by atoms with Gasteiger partial charge in [-0.2, -0.15) is 5.10 Å². The molecule has 162 valence electrons. The molecule has 0 aliphatic carbocycles. The molecule has 1 saturated heterocycles. The Morgan fingerprint density at radius 1 is 1.00 bits per heavy atom. The van der Waals surface area contributed by atoms with Crippen LogP contribution in [0.15, 0.2) is 48.5 Å². The molecule has 0 unspecified atom stereocenters. The summed E-state index contributed by atoms with van der Waals surface area (Å²) in [6.45, 7) is 4.46. The van der Waals surface area contributed by atoms with Gasteiger partial charge in [-0.1, -0.05) is 53.0 Å². The Morgan fingerprint density at radius 2 is 1.77 bits per heavy atom. The maximum absolute atomic E-state index is 13.1. The van der Waals surface area contributed by atoms with Crippen LogP contribution in [-0.2, 0) is 4.74 Å². The molecule has 1 aliphatic heterocycles. The molecule has 31 heavy (non-hydrogen) atoms. The van der Waals surface area contributed by atoms with Crippen LogP contribution >= 0.6 is 34.8 Å². The lowest BCUT2D eigenvalue weighted by atomic mass is 10.1. The fraction of sp³-hybridized carbons (Fsp3) is 0.273. The van der Waals surface area contributed by atoms with Crippen LogP contribution in [0.25, 0.3) is 16.9 Å². The molecule has 0 bridgehead atoms. The topological polar surface area (TPSA) is 59.4 Å². The van der Waals surface area contributed by atoms with Gasteiger partial charge < -0.3 is 10.1 Å². The summed E-state index contributed by atoms with van der Waals surface area (Å²) >= 11 is 18.6. The van der Waals surface area contributed by atoms with Gasteiger partial charge in [0.2, 0.25) is 0 Å². The third-order valence-corrected chi connectivity index (χ3v) is 6.13. The Labute approximate surface area is 195 Å². The van der Waals surface area contributed by atoms with Crippen molar-refractivity contribution in [1.82, 2.24) is 20.0 Å². The molecule has 0 saturated carbocycles. The van der Waals surface area contributed by atoms with Gasteiger partial charge in [-0.25, -0.2) is 4.68 Å². The van der Waals surface area contributed by atoms with Crippen LogP contribution in [0.3, 0.4) is 0 Å². The number of halogens is 3. The normalized spacial score (nSPS) is 14.5. The standard InChI is InChI=1S/C22H21Cl3N4O2/c23-17-4-2-1-3-16(17)20-14-21(22(30)26-7-8-28-9-11-31-12-10-28)29(27-20)15-5-6-18(24)19(25)13-15/h1-6,13-14H,7-12H2,(H,26,30). The molecule has 1 fully saturated rings. The lowest BCUT2D eigenvalue weighted by Gasteiger charge is -2.26. The zero-order chi connectivity index (χ0) is 21.8. The largest absolute Gasteiger partial charge is 0.379 e. The molecule has 0 radical (unpaired) electrons. The predicted molar refractivity (Wildman–Crippen MR) is 124 cm³/mol. The minimum absolute atomic E-state index is 0.231. The Kier molecular flexibility index (Phi) is 7.15. The van der Waals surface area contributed by atoms with Crippen LogP contribution in [0.5, 0.6) is 0 Å². The van der Waals surface area contributed by atoms with Gasteiger partial charge in [0, 0.05) is 31.7 Å². The summed E-state index contributed by atoms with van der Waals surface area (Å²) in [5.41, 5.74) is 2.35. The Morgan fingerprint density at radius 3 is 2.52 bits per heavy atom. The number of nitrogens with zero attached hydrogens (tertiary/aromatic N) is 3. The third kappa shape index (κ3) is 5.22. The Bertz CT molecular complexity index is 1080.